The van der Waals surface area contributed by atoms with Crippen molar-refractivity contribution in [2.75, 3.05) is 12.4 Å². The van der Waals surface area contributed by atoms with Gasteiger partial charge in [0.05, 0.1) is 13.2 Å². The molecule has 0 fully saturated rings. The molecule has 6 heteroatoms. The first-order valence-corrected chi connectivity index (χ1v) is 8.62. The van der Waals surface area contributed by atoms with Gasteiger partial charge in [-0.15, -0.1) is 0 Å². The van der Waals surface area contributed by atoms with Gasteiger partial charge in [-0.1, -0.05) is 24.3 Å². The van der Waals surface area contributed by atoms with E-state index < -0.39 is 6.04 Å². The predicted octanol–water partition coefficient (Wildman–Crippen LogP) is 1.85. The largest absolute Gasteiger partial charge is 0.497 e. The number of hydrogen-bond donors (Lipinski definition) is 3. The Kier molecular flexibility index (Phi) is 5.53. The van der Waals surface area contributed by atoms with Crippen molar-refractivity contribution in [2.24, 2.45) is 0 Å². The Morgan fingerprint density at radius 1 is 1.12 bits per heavy atom. The van der Waals surface area contributed by atoms with Gasteiger partial charge < -0.3 is 20.7 Å². The molecule has 136 valence electrons. The Hall–Kier alpha value is -2.86. The molecule has 3 N–H and O–H groups in total. The molecule has 0 saturated heterocycles. The third kappa shape index (κ3) is 4.21. The van der Waals surface area contributed by atoms with Crippen LogP contribution in [0.25, 0.3) is 0 Å². The summed E-state index contributed by atoms with van der Waals surface area (Å²) < 4.78 is 5.09. The smallest absolute Gasteiger partial charge is 0.246 e. The van der Waals surface area contributed by atoms with E-state index in [1.165, 1.54) is 11.1 Å². The van der Waals surface area contributed by atoms with E-state index in [1.54, 1.807) is 38.3 Å². The van der Waals surface area contributed by atoms with Gasteiger partial charge in [0.2, 0.25) is 11.8 Å². The lowest BCUT2D eigenvalue weighted by atomic mass is 9.95. The van der Waals surface area contributed by atoms with Crippen LogP contribution in [-0.4, -0.2) is 31.0 Å². The summed E-state index contributed by atoms with van der Waals surface area (Å²) in [6.07, 6.45) is 0.620. The molecule has 2 amide bonds. The number of anilines is 1. The second-order valence-electron chi connectivity index (χ2n) is 6.35. The van der Waals surface area contributed by atoms with Crippen molar-refractivity contribution in [3.05, 3.63) is 59.7 Å². The van der Waals surface area contributed by atoms with E-state index in [0.717, 1.165) is 0 Å². The highest BCUT2D eigenvalue weighted by atomic mass is 16.5. The average Bonchev–Trinajstić information content (AvgIpc) is 2.68. The van der Waals surface area contributed by atoms with E-state index in [9.17, 15) is 9.59 Å². The number of carbonyl (C=O) groups is 2. The summed E-state index contributed by atoms with van der Waals surface area (Å²) in [5.74, 6) is 0.282. The number of benzene rings is 2. The Bertz CT molecular complexity index is 789. The molecule has 6 nitrogen and oxygen atoms in total. The van der Waals surface area contributed by atoms with Crippen molar-refractivity contribution >= 4 is 17.5 Å². The molecule has 0 aliphatic carbocycles. The van der Waals surface area contributed by atoms with Gasteiger partial charge in [0.15, 0.2) is 0 Å². The number of carbonyl (C=O) groups excluding carboxylic acids is 2. The summed E-state index contributed by atoms with van der Waals surface area (Å²) in [5, 5.41) is 8.80. The second-order valence-corrected chi connectivity index (χ2v) is 6.35. The third-order valence-corrected chi connectivity index (χ3v) is 4.51. The van der Waals surface area contributed by atoms with Crippen LogP contribution in [0.2, 0.25) is 0 Å². The molecular weight excluding hydrogens is 330 g/mol. The van der Waals surface area contributed by atoms with E-state index in [2.05, 4.69) is 22.0 Å². The zero-order valence-corrected chi connectivity index (χ0v) is 14.9. The maximum atomic E-state index is 12.5. The van der Waals surface area contributed by atoms with Gasteiger partial charge in [-0.2, -0.15) is 0 Å². The lowest BCUT2D eigenvalue weighted by molar-refractivity contribution is -0.127. The number of amides is 2. The Morgan fingerprint density at radius 2 is 1.81 bits per heavy atom. The fraction of sp³-hybridized carbons (Fsp3) is 0.300. The van der Waals surface area contributed by atoms with Gasteiger partial charge in [0, 0.05) is 12.2 Å². The zero-order valence-electron chi connectivity index (χ0n) is 14.9. The lowest BCUT2D eigenvalue weighted by Crippen LogP contribution is -2.52. The summed E-state index contributed by atoms with van der Waals surface area (Å²) in [6, 6.07) is 14.1. The summed E-state index contributed by atoms with van der Waals surface area (Å²) in [6.45, 7) is 2.33. The van der Waals surface area contributed by atoms with E-state index >= 15 is 0 Å². The van der Waals surface area contributed by atoms with Gasteiger partial charge >= 0.3 is 0 Å². The number of fused-ring (bicyclic) bond motifs is 1. The standard InChI is InChI=1S/C20H23N3O3/c1-13(19(24)23-16-7-9-17(26-2)10-8-16)22-20(25)18-11-14-5-3-4-6-15(14)12-21-18/h3-10,13,18,21H,11-12H2,1-2H3,(H,22,25)(H,23,24). The number of hydrogen-bond acceptors (Lipinski definition) is 4. The molecular formula is C20H23N3O3. The number of methoxy groups -OCH3 is 1. The van der Waals surface area contributed by atoms with Crippen molar-refractivity contribution in [1.29, 1.82) is 0 Å². The quantitative estimate of drug-likeness (QED) is 0.766. The SMILES string of the molecule is COc1ccc(NC(=O)C(C)NC(=O)C2Cc3ccccc3CN2)cc1. The number of rotatable bonds is 5. The molecule has 2 unspecified atom stereocenters. The summed E-state index contributed by atoms with van der Waals surface area (Å²) >= 11 is 0. The molecule has 1 aliphatic rings. The van der Waals surface area contributed by atoms with Gasteiger partial charge in [0.25, 0.3) is 0 Å². The van der Waals surface area contributed by atoms with Gasteiger partial charge in [0.1, 0.15) is 11.8 Å². The minimum atomic E-state index is -0.636. The summed E-state index contributed by atoms with van der Waals surface area (Å²) in [4.78, 5) is 24.8. The molecule has 0 spiro atoms. The third-order valence-electron chi connectivity index (χ3n) is 4.51. The Morgan fingerprint density at radius 3 is 2.50 bits per heavy atom. The van der Waals surface area contributed by atoms with Gasteiger partial charge in [-0.05, 0) is 48.7 Å². The van der Waals surface area contributed by atoms with E-state index in [-0.39, 0.29) is 17.9 Å². The van der Waals surface area contributed by atoms with Crippen molar-refractivity contribution in [3.63, 3.8) is 0 Å². The predicted molar refractivity (Wildman–Crippen MR) is 100 cm³/mol. The van der Waals surface area contributed by atoms with Gasteiger partial charge in [-0.3, -0.25) is 9.59 Å². The zero-order chi connectivity index (χ0) is 18.5. The van der Waals surface area contributed by atoms with Crippen molar-refractivity contribution in [3.8, 4) is 5.75 Å². The molecule has 3 rings (SSSR count). The van der Waals surface area contributed by atoms with Crippen LogP contribution in [0.5, 0.6) is 5.75 Å². The van der Waals surface area contributed by atoms with Crippen LogP contribution in [0.15, 0.2) is 48.5 Å². The monoisotopic (exact) mass is 353 g/mol. The number of ether oxygens (including phenoxy) is 1. The molecule has 0 radical (unpaired) electrons. The fourth-order valence-electron chi connectivity index (χ4n) is 2.94. The summed E-state index contributed by atoms with van der Waals surface area (Å²) in [5.41, 5.74) is 3.03. The highest BCUT2D eigenvalue weighted by Gasteiger charge is 2.26. The second kappa shape index (κ2) is 8.01. The van der Waals surface area contributed by atoms with Crippen LogP contribution in [0, 0.1) is 0 Å². The molecule has 0 bridgehead atoms. The first kappa shape index (κ1) is 17.9. The normalized spacial score (nSPS) is 16.9. The minimum Gasteiger partial charge on any atom is -0.497 e. The van der Waals surface area contributed by atoms with Crippen LogP contribution in [-0.2, 0) is 22.6 Å². The minimum absolute atomic E-state index is 0.170. The molecule has 26 heavy (non-hydrogen) atoms. The Balaban J connectivity index is 1.54. The van der Waals surface area contributed by atoms with E-state index in [0.29, 0.717) is 24.4 Å². The van der Waals surface area contributed by atoms with Crippen LogP contribution < -0.4 is 20.7 Å². The highest BCUT2D eigenvalue weighted by Crippen LogP contribution is 2.17. The highest BCUT2D eigenvalue weighted by molar-refractivity contribution is 5.97. The van der Waals surface area contributed by atoms with Gasteiger partial charge in [-0.25, -0.2) is 0 Å². The van der Waals surface area contributed by atoms with Crippen LogP contribution in [0.1, 0.15) is 18.1 Å². The molecule has 1 aliphatic heterocycles. The number of nitrogens with one attached hydrogen (secondary N) is 3. The maximum absolute atomic E-state index is 12.5. The first-order chi connectivity index (χ1) is 12.6. The van der Waals surface area contributed by atoms with E-state index in [1.807, 2.05) is 18.2 Å². The van der Waals surface area contributed by atoms with E-state index in [4.69, 9.17) is 4.74 Å². The molecule has 2 aromatic rings. The van der Waals surface area contributed by atoms with Crippen LogP contribution >= 0.6 is 0 Å². The van der Waals surface area contributed by atoms with Crippen LogP contribution in [0.4, 0.5) is 5.69 Å². The van der Waals surface area contributed by atoms with Crippen LogP contribution in [0.3, 0.4) is 0 Å². The van der Waals surface area contributed by atoms with Crippen molar-refractivity contribution in [2.45, 2.75) is 32.0 Å². The van der Waals surface area contributed by atoms with Crippen molar-refractivity contribution < 1.29 is 14.3 Å². The molecule has 0 saturated carbocycles. The Labute approximate surface area is 152 Å². The van der Waals surface area contributed by atoms with Crippen molar-refractivity contribution in [1.82, 2.24) is 10.6 Å². The fourth-order valence-corrected chi connectivity index (χ4v) is 2.94. The molecule has 2 aromatic carbocycles. The summed E-state index contributed by atoms with van der Waals surface area (Å²) in [7, 11) is 1.59. The molecule has 1 heterocycles. The average molecular weight is 353 g/mol. The molecule has 0 aromatic heterocycles. The lowest BCUT2D eigenvalue weighted by Gasteiger charge is -2.26. The topological polar surface area (TPSA) is 79.5 Å². The molecule has 2 atom stereocenters. The maximum Gasteiger partial charge on any atom is 0.246 e. The first-order valence-electron chi connectivity index (χ1n) is 8.62.